The second kappa shape index (κ2) is 10.5. The number of fused-ring (bicyclic) bond motifs is 1. The van der Waals surface area contributed by atoms with Crippen LogP contribution >= 0.6 is 11.8 Å². The summed E-state index contributed by atoms with van der Waals surface area (Å²) < 4.78 is 0. The van der Waals surface area contributed by atoms with E-state index in [0.717, 1.165) is 41.8 Å². The fraction of sp³-hybridized carbons (Fsp3) is 0.276. The Morgan fingerprint density at radius 1 is 1.00 bits per heavy atom. The van der Waals surface area contributed by atoms with Crippen molar-refractivity contribution in [2.24, 2.45) is 11.8 Å². The van der Waals surface area contributed by atoms with Crippen molar-refractivity contribution in [3.8, 4) is 0 Å². The molecule has 0 aliphatic carbocycles. The summed E-state index contributed by atoms with van der Waals surface area (Å²) >= 11 is 0.875. The smallest absolute Gasteiger partial charge is 0.290 e. The van der Waals surface area contributed by atoms with Gasteiger partial charge in [-0.05, 0) is 35.5 Å². The van der Waals surface area contributed by atoms with Crippen LogP contribution in [0.5, 0.6) is 0 Å². The van der Waals surface area contributed by atoms with Crippen LogP contribution in [0.3, 0.4) is 0 Å². The van der Waals surface area contributed by atoms with Crippen LogP contribution in [0.25, 0.3) is 6.08 Å². The molecule has 39 heavy (non-hydrogen) atoms. The van der Waals surface area contributed by atoms with Crippen molar-refractivity contribution in [1.82, 2.24) is 20.2 Å². The molecule has 3 aliphatic rings. The van der Waals surface area contributed by atoms with E-state index < -0.39 is 5.91 Å². The van der Waals surface area contributed by atoms with E-state index in [1.165, 1.54) is 0 Å². The highest BCUT2D eigenvalue weighted by atomic mass is 32.2. The minimum atomic E-state index is -0.414. The Balaban J connectivity index is 1.23. The summed E-state index contributed by atoms with van der Waals surface area (Å²) in [4.78, 5) is 53.0. The monoisotopic (exact) mass is 540 g/mol. The van der Waals surface area contributed by atoms with Crippen molar-refractivity contribution < 1.29 is 14.4 Å². The number of aromatic nitrogens is 2. The molecule has 3 aliphatic heterocycles. The molecule has 1 aromatic heterocycles. The summed E-state index contributed by atoms with van der Waals surface area (Å²) in [5.41, 5.74) is 2.44. The van der Waals surface area contributed by atoms with Crippen LogP contribution < -0.4 is 15.1 Å². The lowest BCUT2D eigenvalue weighted by Gasteiger charge is -2.24. The number of anilines is 2. The molecule has 2 atom stereocenters. The van der Waals surface area contributed by atoms with Gasteiger partial charge in [-0.1, -0.05) is 48.5 Å². The van der Waals surface area contributed by atoms with Crippen LogP contribution in [0.15, 0.2) is 71.6 Å². The first-order valence-electron chi connectivity index (χ1n) is 12.9. The average molecular weight is 541 g/mol. The number of benzene rings is 2. The average Bonchev–Trinajstić information content (AvgIpc) is 3.62. The maximum atomic E-state index is 13.0. The van der Waals surface area contributed by atoms with Crippen molar-refractivity contribution in [3.05, 3.63) is 88.5 Å². The third-order valence-corrected chi connectivity index (χ3v) is 8.18. The molecule has 3 amide bonds. The molecular weight excluding hydrogens is 512 g/mol. The molecule has 10 heteroatoms. The SMILES string of the molecule is CN(Cc1ccccc1)c1cc(/C=C2/SC(=O)NC2=O)nc(N2CC3CN(C(=O)c4ccccc4)CC3C2)n1. The standard InChI is InChI=1S/C29H28N6O3S/c1-33(14-19-8-4-2-5-9-19)25-13-23(12-24-26(36)32-29(38)39-24)30-28(31-25)35-17-21-15-34(16-22(21)18-35)27(37)20-10-6-3-7-11-20/h2-13,21-22H,14-18H2,1H3,(H,32,36,38)/b24-12+. The van der Waals surface area contributed by atoms with Gasteiger partial charge in [0.15, 0.2) is 0 Å². The number of carbonyl (C=O) groups excluding carboxylic acids is 3. The molecule has 0 radical (unpaired) electrons. The maximum Gasteiger partial charge on any atom is 0.290 e. The van der Waals surface area contributed by atoms with Crippen molar-refractivity contribution in [2.75, 3.05) is 43.0 Å². The number of carbonyl (C=O) groups is 3. The number of imide groups is 1. The van der Waals surface area contributed by atoms with Crippen LogP contribution in [0.2, 0.25) is 0 Å². The molecule has 4 heterocycles. The van der Waals surface area contributed by atoms with E-state index in [1.807, 2.05) is 71.4 Å². The molecule has 0 bridgehead atoms. The topological polar surface area (TPSA) is 98.7 Å². The van der Waals surface area contributed by atoms with E-state index >= 15 is 0 Å². The molecule has 198 valence electrons. The van der Waals surface area contributed by atoms with Crippen LogP contribution in [0, 0.1) is 11.8 Å². The normalized spacial score (nSPS) is 21.4. The minimum Gasteiger partial charge on any atom is -0.355 e. The van der Waals surface area contributed by atoms with Gasteiger partial charge in [0.1, 0.15) is 5.82 Å². The third-order valence-electron chi connectivity index (χ3n) is 7.37. The molecule has 0 saturated carbocycles. The summed E-state index contributed by atoms with van der Waals surface area (Å²) in [6.07, 6.45) is 1.65. The van der Waals surface area contributed by atoms with Gasteiger partial charge in [0, 0.05) is 63.2 Å². The highest BCUT2D eigenvalue weighted by Crippen LogP contribution is 2.35. The maximum absolute atomic E-state index is 13.0. The fourth-order valence-electron chi connectivity index (χ4n) is 5.43. The van der Waals surface area contributed by atoms with Gasteiger partial charge in [-0.2, -0.15) is 4.98 Å². The third kappa shape index (κ3) is 5.37. The number of hydrogen-bond acceptors (Lipinski definition) is 8. The summed E-state index contributed by atoms with van der Waals surface area (Å²) in [6, 6.07) is 21.4. The Morgan fingerprint density at radius 2 is 1.67 bits per heavy atom. The molecule has 3 saturated heterocycles. The van der Waals surface area contributed by atoms with Gasteiger partial charge >= 0.3 is 0 Å². The summed E-state index contributed by atoms with van der Waals surface area (Å²) in [5.74, 6) is 1.65. The minimum absolute atomic E-state index is 0.0770. The van der Waals surface area contributed by atoms with E-state index in [2.05, 4.69) is 22.3 Å². The van der Waals surface area contributed by atoms with Gasteiger partial charge in [-0.3, -0.25) is 19.7 Å². The zero-order valence-corrected chi connectivity index (χ0v) is 22.3. The van der Waals surface area contributed by atoms with Crippen LogP contribution in [0.4, 0.5) is 16.6 Å². The molecular formula is C29H28N6O3S. The van der Waals surface area contributed by atoms with Crippen molar-refractivity contribution in [1.29, 1.82) is 0 Å². The Morgan fingerprint density at radius 3 is 2.31 bits per heavy atom. The predicted octanol–water partition coefficient (Wildman–Crippen LogP) is 3.65. The lowest BCUT2D eigenvalue weighted by atomic mass is 10.0. The second-order valence-electron chi connectivity index (χ2n) is 10.1. The Bertz CT molecular complexity index is 1430. The van der Waals surface area contributed by atoms with E-state index in [0.29, 0.717) is 48.0 Å². The Labute approximate surface area is 230 Å². The van der Waals surface area contributed by atoms with Crippen LogP contribution in [-0.4, -0.2) is 65.1 Å². The number of likely N-dealkylation sites (tertiary alicyclic amines) is 1. The van der Waals surface area contributed by atoms with Gasteiger partial charge in [0.25, 0.3) is 17.1 Å². The van der Waals surface area contributed by atoms with Gasteiger partial charge in [0.05, 0.1) is 10.6 Å². The van der Waals surface area contributed by atoms with Crippen molar-refractivity contribution >= 4 is 46.7 Å². The summed E-state index contributed by atoms with van der Waals surface area (Å²) in [5, 5.41) is 1.91. The lowest BCUT2D eigenvalue weighted by Crippen LogP contribution is -2.34. The molecule has 1 N–H and O–H groups in total. The number of nitrogens with one attached hydrogen (secondary N) is 1. The highest BCUT2D eigenvalue weighted by molar-refractivity contribution is 8.18. The van der Waals surface area contributed by atoms with Gasteiger partial charge in [-0.25, -0.2) is 4.98 Å². The van der Waals surface area contributed by atoms with Crippen molar-refractivity contribution in [3.63, 3.8) is 0 Å². The molecule has 2 unspecified atom stereocenters. The first kappa shape index (κ1) is 25.1. The van der Waals surface area contributed by atoms with E-state index in [4.69, 9.17) is 9.97 Å². The first-order valence-corrected chi connectivity index (χ1v) is 13.7. The highest BCUT2D eigenvalue weighted by Gasteiger charge is 2.42. The largest absolute Gasteiger partial charge is 0.355 e. The predicted molar refractivity (Wildman–Crippen MR) is 151 cm³/mol. The Hall–Kier alpha value is -4.18. The Kier molecular flexibility index (Phi) is 6.78. The quantitative estimate of drug-likeness (QED) is 0.473. The number of amides is 3. The van der Waals surface area contributed by atoms with E-state index in [1.54, 1.807) is 6.08 Å². The molecule has 9 nitrogen and oxygen atoms in total. The van der Waals surface area contributed by atoms with Gasteiger partial charge < -0.3 is 14.7 Å². The van der Waals surface area contributed by atoms with Crippen LogP contribution in [0.1, 0.15) is 21.6 Å². The zero-order chi connectivity index (χ0) is 26.9. The number of nitrogens with zero attached hydrogens (tertiary/aromatic N) is 5. The van der Waals surface area contributed by atoms with Gasteiger partial charge in [-0.15, -0.1) is 0 Å². The number of rotatable bonds is 6. The second-order valence-corrected chi connectivity index (χ2v) is 11.2. The number of hydrogen-bond donors (Lipinski definition) is 1. The number of thioether (sulfide) groups is 1. The van der Waals surface area contributed by atoms with Gasteiger partial charge in [0.2, 0.25) is 5.95 Å². The molecule has 2 aromatic carbocycles. The first-order chi connectivity index (χ1) is 18.9. The zero-order valence-electron chi connectivity index (χ0n) is 21.5. The molecule has 3 aromatic rings. The fourth-order valence-corrected chi connectivity index (χ4v) is 6.10. The van der Waals surface area contributed by atoms with Crippen molar-refractivity contribution in [2.45, 2.75) is 6.54 Å². The summed E-state index contributed by atoms with van der Waals surface area (Å²) in [6.45, 7) is 3.57. The van der Waals surface area contributed by atoms with E-state index in [9.17, 15) is 14.4 Å². The lowest BCUT2D eigenvalue weighted by molar-refractivity contribution is -0.115. The van der Waals surface area contributed by atoms with Crippen LogP contribution in [-0.2, 0) is 11.3 Å². The summed E-state index contributed by atoms with van der Waals surface area (Å²) in [7, 11) is 1.97. The van der Waals surface area contributed by atoms with E-state index in [-0.39, 0.29) is 11.1 Å². The molecule has 6 rings (SSSR count). The molecule has 0 spiro atoms. The molecule has 3 fully saturated rings.